The van der Waals surface area contributed by atoms with E-state index in [9.17, 15) is 15.3 Å². The number of anilines is 2. The molecule has 2 N–H and O–H groups in total. The highest BCUT2D eigenvalue weighted by Crippen LogP contribution is 2.46. The second-order valence-electron chi connectivity index (χ2n) is 7.20. The molecule has 2 aromatic rings. The molecule has 4 rings (SSSR count). The lowest BCUT2D eigenvalue weighted by molar-refractivity contribution is -0.116. The molecule has 1 aliphatic carbocycles. The van der Waals surface area contributed by atoms with Gasteiger partial charge in [0.15, 0.2) is 0 Å². The number of benzene rings is 1. The Hall–Kier alpha value is -3.03. The topological polar surface area (TPSA) is 107 Å². The summed E-state index contributed by atoms with van der Waals surface area (Å²) in [6.07, 6.45) is 2.72. The number of nitrogen functional groups attached to an aromatic ring is 1. The molecule has 0 radical (unpaired) electrons. The molecule has 140 valence electrons. The van der Waals surface area contributed by atoms with Crippen molar-refractivity contribution in [1.82, 2.24) is 4.98 Å². The number of carbonyl (C=O) groups is 1. The smallest absolute Gasteiger partial charge is 0.237 e. The molecule has 1 aromatic carbocycles. The molecule has 1 aliphatic heterocycles. The fourth-order valence-corrected chi connectivity index (χ4v) is 4.72. The summed E-state index contributed by atoms with van der Waals surface area (Å²) in [6.45, 7) is 2.03. The minimum atomic E-state index is -0.0240. The molecule has 28 heavy (non-hydrogen) atoms. The number of amides is 1. The van der Waals surface area contributed by atoms with E-state index in [0.717, 1.165) is 24.9 Å². The molecule has 1 amide bonds. The van der Waals surface area contributed by atoms with E-state index >= 15 is 0 Å². The fourth-order valence-electron chi connectivity index (χ4n) is 3.85. The van der Waals surface area contributed by atoms with Crippen molar-refractivity contribution < 1.29 is 4.79 Å². The van der Waals surface area contributed by atoms with E-state index in [-0.39, 0.29) is 29.4 Å². The molecule has 0 saturated heterocycles. The Bertz CT molecular complexity index is 1050. The van der Waals surface area contributed by atoms with Crippen LogP contribution in [0.25, 0.3) is 0 Å². The van der Waals surface area contributed by atoms with Crippen LogP contribution in [0.3, 0.4) is 0 Å². The van der Waals surface area contributed by atoms with Gasteiger partial charge in [0.05, 0.1) is 16.9 Å². The molecule has 2 heterocycles. The van der Waals surface area contributed by atoms with Crippen molar-refractivity contribution in [2.75, 3.05) is 16.4 Å². The number of rotatable bonds is 4. The van der Waals surface area contributed by atoms with Crippen molar-refractivity contribution in [3.8, 4) is 12.1 Å². The van der Waals surface area contributed by atoms with Gasteiger partial charge in [-0.15, -0.1) is 0 Å². The molecule has 1 saturated carbocycles. The number of nitriles is 2. The van der Waals surface area contributed by atoms with Gasteiger partial charge in [0.1, 0.15) is 23.0 Å². The van der Waals surface area contributed by atoms with Gasteiger partial charge in [-0.1, -0.05) is 30.0 Å². The Labute approximate surface area is 168 Å². The van der Waals surface area contributed by atoms with Gasteiger partial charge in [0, 0.05) is 11.7 Å². The lowest BCUT2D eigenvalue weighted by atomic mass is 10.0. The van der Waals surface area contributed by atoms with E-state index < -0.39 is 0 Å². The average Bonchev–Trinajstić information content (AvgIpc) is 3.47. The highest BCUT2D eigenvalue weighted by atomic mass is 32.2. The minimum Gasteiger partial charge on any atom is -0.383 e. The monoisotopic (exact) mass is 389 g/mol. The summed E-state index contributed by atoms with van der Waals surface area (Å²) in [7, 11) is 0. The number of para-hydroxylation sites is 1. The Balaban J connectivity index is 1.60. The zero-order valence-electron chi connectivity index (χ0n) is 15.5. The zero-order valence-corrected chi connectivity index (χ0v) is 16.3. The third-order valence-electron chi connectivity index (χ3n) is 5.25. The standard InChI is InChI=1S/C21H19N5OS/c1-12-8-14-4-2-3-5-17(14)26(12)18(27)11-28-21-16(10-23)19(13-6-7-13)15(9-22)20(24)25-21/h2-5,12-13H,6-8,11H2,1H3,(H2,24,25)/t12-/m1/s1. The molecule has 7 heteroatoms. The number of nitrogens with two attached hydrogens (primary N) is 1. The summed E-state index contributed by atoms with van der Waals surface area (Å²) in [5.74, 6) is 0.466. The molecule has 2 aliphatic rings. The third kappa shape index (κ3) is 3.08. The molecule has 0 unspecified atom stereocenters. The second-order valence-corrected chi connectivity index (χ2v) is 8.16. The highest BCUT2D eigenvalue weighted by molar-refractivity contribution is 8.00. The molecule has 1 aromatic heterocycles. The minimum absolute atomic E-state index is 0.0240. The van der Waals surface area contributed by atoms with Crippen LogP contribution in [-0.4, -0.2) is 22.7 Å². The molecule has 1 fully saturated rings. The van der Waals surface area contributed by atoms with Crippen LogP contribution in [0.4, 0.5) is 11.5 Å². The largest absolute Gasteiger partial charge is 0.383 e. The van der Waals surface area contributed by atoms with Gasteiger partial charge in [-0.05, 0) is 49.3 Å². The normalized spacial score (nSPS) is 17.7. The number of pyridine rings is 1. The fraction of sp³-hybridized carbons (Fsp3) is 0.333. The predicted molar refractivity (Wildman–Crippen MR) is 108 cm³/mol. The van der Waals surface area contributed by atoms with Crippen LogP contribution in [0.1, 0.15) is 47.9 Å². The van der Waals surface area contributed by atoms with Crippen LogP contribution in [0.5, 0.6) is 0 Å². The Morgan fingerprint density at radius 3 is 2.68 bits per heavy atom. The van der Waals surface area contributed by atoms with Crippen LogP contribution in [0.15, 0.2) is 29.3 Å². The maximum atomic E-state index is 12.9. The summed E-state index contributed by atoms with van der Waals surface area (Å²) >= 11 is 1.22. The van der Waals surface area contributed by atoms with Crippen LogP contribution >= 0.6 is 11.8 Å². The van der Waals surface area contributed by atoms with Crippen LogP contribution in [-0.2, 0) is 11.2 Å². The number of aromatic nitrogens is 1. The molecule has 0 bridgehead atoms. The molecule has 0 spiro atoms. The van der Waals surface area contributed by atoms with Crippen molar-refractivity contribution in [2.24, 2.45) is 0 Å². The summed E-state index contributed by atoms with van der Waals surface area (Å²) in [5, 5.41) is 19.5. The number of carbonyl (C=O) groups excluding carboxylic acids is 1. The summed E-state index contributed by atoms with van der Waals surface area (Å²) in [4.78, 5) is 19.0. The lowest BCUT2D eigenvalue weighted by Gasteiger charge is -2.22. The highest BCUT2D eigenvalue weighted by Gasteiger charge is 2.34. The number of nitrogens with zero attached hydrogens (tertiary/aromatic N) is 4. The van der Waals surface area contributed by atoms with Crippen molar-refractivity contribution in [2.45, 2.75) is 43.2 Å². The number of hydrogen-bond acceptors (Lipinski definition) is 6. The maximum Gasteiger partial charge on any atom is 0.237 e. The average molecular weight is 389 g/mol. The lowest BCUT2D eigenvalue weighted by Crippen LogP contribution is -2.37. The first-order chi connectivity index (χ1) is 13.5. The molecular formula is C21H19N5OS. The first kappa shape index (κ1) is 18.3. The number of fused-ring (bicyclic) bond motifs is 1. The maximum absolute atomic E-state index is 12.9. The summed E-state index contributed by atoms with van der Waals surface area (Å²) in [6, 6.07) is 12.3. The van der Waals surface area contributed by atoms with Gasteiger partial charge >= 0.3 is 0 Å². The molecule has 1 atom stereocenters. The van der Waals surface area contributed by atoms with Gasteiger partial charge in [-0.2, -0.15) is 10.5 Å². The zero-order chi connectivity index (χ0) is 19.8. The van der Waals surface area contributed by atoms with Gasteiger partial charge in [-0.3, -0.25) is 4.79 Å². The van der Waals surface area contributed by atoms with E-state index in [1.807, 2.05) is 36.1 Å². The quantitative estimate of drug-likeness (QED) is 0.804. The Kier molecular flexibility index (Phi) is 4.70. The van der Waals surface area contributed by atoms with Crippen LogP contribution in [0.2, 0.25) is 0 Å². The van der Waals surface area contributed by atoms with Crippen molar-refractivity contribution in [3.05, 3.63) is 46.5 Å². The van der Waals surface area contributed by atoms with Gasteiger partial charge < -0.3 is 10.6 Å². The van der Waals surface area contributed by atoms with Crippen molar-refractivity contribution in [1.29, 1.82) is 10.5 Å². The van der Waals surface area contributed by atoms with E-state index in [1.54, 1.807) is 0 Å². The SMILES string of the molecule is C[C@@H]1Cc2ccccc2N1C(=O)CSc1nc(N)c(C#N)c(C2CC2)c1C#N. The summed E-state index contributed by atoms with van der Waals surface area (Å²) in [5.41, 5.74) is 9.50. The van der Waals surface area contributed by atoms with E-state index in [2.05, 4.69) is 17.1 Å². The summed E-state index contributed by atoms with van der Waals surface area (Å²) < 4.78 is 0. The van der Waals surface area contributed by atoms with Crippen LogP contribution in [0, 0.1) is 22.7 Å². The second kappa shape index (κ2) is 7.18. The van der Waals surface area contributed by atoms with Crippen LogP contribution < -0.4 is 10.6 Å². The molecular weight excluding hydrogens is 370 g/mol. The Morgan fingerprint density at radius 2 is 2.00 bits per heavy atom. The molecule has 6 nitrogen and oxygen atoms in total. The Morgan fingerprint density at radius 1 is 1.29 bits per heavy atom. The van der Waals surface area contributed by atoms with E-state index in [1.165, 1.54) is 17.3 Å². The van der Waals surface area contributed by atoms with Gasteiger partial charge in [0.25, 0.3) is 0 Å². The number of thioether (sulfide) groups is 1. The number of hydrogen-bond donors (Lipinski definition) is 1. The first-order valence-electron chi connectivity index (χ1n) is 9.21. The van der Waals surface area contributed by atoms with Gasteiger partial charge in [-0.25, -0.2) is 4.98 Å². The van der Waals surface area contributed by atoms with Crippen molar-refractivity contribution in [3.63, 3.8) is 0 Å². The van der Waals surface area contributed by atoms with Gasteiger partial charge in [0.2, 0.25) is 5.91 Å². The predicted octanol–water partition coefficient (Wildman–Crippen LogP) is 3.35. The van der Waals surface area contributed by atoms with E-state index in [0.29, 0.717) is 21.7 Å². The first-order valence-corrected chi connectivity index (χ1v) is 10.2. The van der Waals surface area contributed by atoms with E-state index in [4.69, 9.17) is 5.73 Å². The van der Waals surface area contributed by atoms with Crippen molar-refractivity contribution >= 4 is 29.2 Å². The third-order valence-corrected chi connectivity index (χ3v) is 6.21.